The number of fused-ring (bicyclic) bond motifs is 1. The van der Waals surface area contributed by atoms with Crippen molar-refractivity contribution >= 4 is 41.6 Å². The van der Waals surface area contributed by atoms with Gasteiger partial charge in [0, 0.05) is 23.0 Å². The predicted octanol–water partition coefficient (Wildman–Crippen LogP) is 2.51. The molecule has 0 amide bonds. The van der Waals surface area contributed by atoms with Gasteiger partial charge >= 0.3 is 5.97 Å². The highest BCUT2D eigenvalue weighted by molar-refractivity contribution is 6.34. The summed E-state index contributed by atoms with van der Waals surface area (Å²) in [4.78, 5) is 10.8. The molecular weight excluding hydrogens is 272 g/mol. The molecule has 1 aromatic carbocycles. The Hall–Kier alpha value is -0.480. The zero-order valence-electron chi connectivity index (χ0n) is 8.17. The van der Waals surface area contributed by atoms with Crippen LogP contribution in [0.25, 0.3) is 0 Å². The van der Waals surface area contributed by atoms with Crippen LogP contribution in [0.4, 0.5) is 0 Å². The number of carboxylic acids is 1. The first kappa shape index (κ1) is 13.6. The van der Waals surface area contributed by atoms with Crippen molar-refractivity contribution in [1.82, 2.24) is 5.32 Å². The van der Waals surface area contributed by atoms with E-state index < -0.39 is 12.0 Å². The summed E-state index contributed by atoms with van der Waals surface area (Å²) in [6, 6.07) is 2.85. The van der Waals surface area contributed by atoms with Gasteiger partial charge in [0.2, 0.25) is 0 Å². The summed E-state index contributed by atoms with van der Waals surface area (Å²) in [5.41, 5.74) is 1.75. The van der Waals surface area contributed by atoms with E-state index in [0.717, 1.165) is 11.1 Å². The molecule has 0 aliphatic carbocycles. The average Bonchev–Trinajstić information content (AvgIpc) is 2.23. The number of hydrogen-bond donors (Lipinski definition) is 2. The lowest BCUT2D eigenvalue weighted by Gasteiger charge is -2.24. The van der Waals surface area contributed by atoms with E-state index in [0.29, 0.717) is 23.0 Å². The molecule has 16 heavy (non-hydrogen) atoms. The van der Waals surface area contributed by atoms with Crippen LogP contribution < -0.4 is 5.32 Å². The SMILES string of the molecule is Cl.O=C(O)[C@@H]1Cc2c(Cl)ccc(Cl)c2CN1. The van der Waals surface area contributed by atoms with Crippen LogP contribution in [-0.4, -0.2) is 17.1 Å². The molecule has 2 rings (SSSR count). The summed E-state index contributed by atoms with van der Waals surface area (Å²) >= 11 is 12.0. The molecule has 0 radical (unpaired) electrons. The van der Waals surface area contributed by atoms with Crippen LogP contribution in [0.1, 0.15) is 11.1 Å². The maximum Gasteiger partial charge on any atom is 0.321 e. The second kappa shape index (κ2) is 5.23. The second-order valence-corrected chi connectivity index (χ2v) is 4.28. The first-order chi connectivity index (χ1) is 7.09. The molecule has 0 unspecified atom stereocenters. The van der Waals surface area contributed by atoms with E-state index >= 15 is 0 Å². The molecule has 0 saturated heterocycles. The van der Waals surface area contributed by atoms with Crippen LogP contribution in [0.5, 0.6) is 0 Å². The molecule has 0 spiro atoms. The molecule has 1 aliphatic heterocycles. The van der Waals surface area contributed by atoms with Gasteiger partial charge in [0.05, 0.1) is 0 Å². The number of carbonyl (C=O) groups is 1. The van der Waals surface area contributed by atoms with Crippen LogP contribution in [0.2, 0.25) is 10.0 Å². The molecule has 0 aromatic heterocycles. The topological polar surface area (TPSA) is 49.3 Å². The Morgan fingerprint density at radius 1 is 1.31 bits per heavy atom. The molecule has 0 saturated carbocycles. The van der Waals surface area contributed by atoms with Crippen LogP contribution in [0.3, 0.4) is 0 Å². The van der Waals surface area contributed by atoms with Crippen LogP contribution in [0, 0.1) is 0 Å². The number of benzene rings is 1. The number of aliphatic carboxylic acids is 1. The van der Waals surface area contributed by atoms with Crippen molar-refractivity contribution in [3.8, 4) is 0 Å². The van der Waals surface area contributed by atoms with Crippen molar-refractivity contribution < 1.29 is 9.90 Å². The molecular formula is C10H10Cl3NO2. The van der Waals surface area contributed by atoms with Crippen molar-refractivity contribution in [2.75, 3.05) is 0 Å². The van der Waals surface area contributed by atoms with Crippen LogP contribution in [-0.2, 0) is 17.8 Å². The monoisotopic (exact) mass is 281 g/mol. The third-order valence-electron chi connectivity index (χ3n) is 2.55. The van der Waals surface area contributed by atoms with E-state index in [4.69, 9.17) is 28.3 Å². The third-order valence-corrected chi connectivity index (χ3v) is 3.26. The highest BCUT2D eigenvalue weighted by Crippen LogP contribution is 2.30. The fourth-order valence-corrected chi connectivity index (χ4v) is 2.22. The zero-order valence-corrected chi connectivity index (χ0v) is 10.5. The first-order valence-corrected chi connectivity index (χ1v) is 5.27. The van der Waals surface area contributed by atoms with Crippen molar-refractivity contribution in [2.24, 2.45) is 0 Å². The van der Waals surface area contributed by atoms with E-state index in [2.05, 4.69) is 5.32 Å². The zero-order chi connectivity index (χ0) is 11.0. The number of hydrogen-bond acceptors (Lipinski definition) is 2. The van der Waals surface area contributed by atoms with E-state index in [1.807, 2.05) is 0 Å². The number of rotatable bonds is 1. The quantitative estimate of drug-likeness (QED) is 0.832. The number of halogens is 3. The second-order valence-electron chi connectivity index (χ2n) is 3.46. The molecule has 1 heterocycles. The highest BCUT2D eigenvalue weighted by Gasteiger charge is 2.26. The maximum absolute atomic E-state index is 10.8. The third kappa shape index (κ3) is 2.43. The van der Waals surface area contributed by atoms with Gasteiger partial charge in [-0.3, -0.25) is 10.1 Å². The molecule has 1 atom stereocenters. The van der Waals surface area contributed by atoms with Gasteiger partial charge in [-0.25, -0.2) is 0 Å². The lowest BCUT2D eigenvalue weighted by molar-refractivity contribution is -0.139. The normalized spacial score (nSPS) is 18.5. The standard InChI is InChI=1S/C10H9Cl2NO2.ClH/c11-7-1-2-8(12)6-4-13-9(10(14)15)3-5(6)7;/h1-2,9,13H,3-4H2,(H,14,15);1H/t9-;/m0./s1. The van der Waals surface area contributed by atoms with Gasteiger partial charge in [-0.2, -0.15) is 0 Å². The minimum atomic E-state index is -0.864. The summed E-state index contributed by atoms with van der Waals surface area (Å²) in [6.07, 6.45) is 0.379. The van der Waals surface area contributed by atoms with Gasteiger partial charge in [-0.1, -0.05) is 23.2 Å². The summed E-state index contributed by atoms with van der Waals surface area (Å²) < 4.78 is 0. The minimum Gasteiger partial charge on any atom is -0.480 e. The average molecular weight is 283 g/mol. The highest BCUT2D eigenvalue weighted by atomic mass is 35.5. The smallest absolute Gasteiger partial charge is 0.321 e. The molecule has 3 nitrogen and oxygen atoms in total. The summed E-state index contributed by atoms with van der Waals surface area (Å²) in [6.45, 7) is 0.450. The Labute approximate surface area is 109 Å². The molecule has 0 bridgehead atoms. The predicted molar refractivity (Wildman–Crippen MR) is 65.7 cm³/mol. The minimum absolute atomic E-state index is 0. The van der Waals surface area contributed by atoms with E-state index in [1.54, 1.807) is 12.1 Å². The first-order valence-electron chi connectivity index (χ1n) is 4.51. The van der Waals surface area contributed by atoms with Crippen molar-refractivity contribution in [3.63, 3.8) is 0 Å². The van der Waals surface area contributed by atoms with Crippen molar-refractivity contribution in [3.05, 3.63) is 33.3 Å². The summed E-state index contributed by atoms with van der Waals surface area (Å²) in [7, 11) is 0. The van der Waals surface area contributed by atoms with Crippen molar-refractivity contribution in [2.45, 2.75) is 19.0 Å². The molecule has 1 aromatic rings. The molecule has 6 heteroatoms. The van der Waals surface area contributed by atoms with Gasteiger partial charge in [0.25, 0.3) is 0 Å². The van der Waals surface area contributed by atoms with Crippen LogP contribution >= 0.6 is 35.6 Å². The van der Waals surface area contributed by atoms with E-state index in [-0.39, 0.29) is 12.4 Å². The molecule has 0 fully saturated rings. The van der Waals surface area contributed by atoms with Crippen LogP contribution in [0.15, 0.2) is 12.1 Å². The fourth-order valence-electron chi connectivity index (χ4n) is 1.72. The molecule has 2 N–H and O–H groups in total. The number of nitrogens with one attached hydrogen (secondary N) is 1. The van der Waals surface area contributed by atoms with Gasteiger partial charge in [-0.15, -0.1) is 12.4 Å². The number of carboxylic acid groups (broad SMARTS) is 1. The summed E-state index contributed by atoms with van der Waals surface area (Å²) in [5, 5.41) is 13.0. The largest absolute Gasteiger partial charge is 0.480 e. The van der Waals surface area contributed by atoms with E-state index in [1.165, 1.54) is 0 Å². The Balaban J connectivity index is 0.00000128. The summed E-state index contributed by atoms with van der Waals surface area (Å²) in [5.74, 6) is -0.864. The Bertz CT molecular complexity index is 423. The molecule has 1 aliphatic rings. The lowest BCUT2D eigenvalue weighted by Crippen LogP contribution is -2.41. The molecule has 88 valence electrons. The van der Waals surface area contributed by atoms with Gasteiger partial charge in [0.15, 0.2) is 0 Å². The maximum atomic E-state index is 10.8. The van der Waals surface area contributed by atoms with Crippen molar-refractivity contribution in [1.29, 1.82) is 0 Å². The van der Waals surface area contributed by atoms with E-state index in [9.17, 15) is 4.79 Å². The Kier molecular flexibility index (Phi) is 4.44. The Morgan fingerprint density at radius 3 is 2.44 bits per heavy atom. The van der Waals surface area contributed by atoms with Gasteiger partial charge in [-0.05, 0) is 23.3 Å². The van der Waals surface area contributed by atoms with Gasteiger partial charge in [0.1, 0.15) is 6.04 Å². The fraction of sp³-hybridized carbons (Fsp3) is 0.300. The van der Waals surface area contributed by atoms with Gasteiger partial charge < -0.3 is 5.11 Å². The lowest BCUT2D eigenvalue weighted by atomic mass is 9.96. The Morgan fingerprint density at radius 2 is 1.88 bits per heavy atom.